The minimum Gasteiger partial charge on any atom is -0.383 e. The number of anilines is 1. The molecular formula is C20H24N4O5. The van der Waals surface area contributed by atoms with Crippen LogP contribution in [-0.4, -0.2) is 54.8 Å². The fourth-order valence-electron chi connectivity index (χ4n) is 5.11. The van der Waals surface area contributed by atoms with E-state index in [9.17, 15) is 19.2 Å². The van der Waals surface area contributed by atoms with E-state index in [0.717, 1.165) is 16.0 Å². The van der Waals surface area contributed by atoms with Crippen molar-refractivity contribution >= 4 is 29.3 Å². The van der Waals surface area contributed by atoms with E-state index in [1.807, 2.05) is 26.0 Å². The number of likely N-dealkylation sites (tertiary alicyclic amines) is 1. The van der Waals surface area contributed by atoms with E-state index in [1.54, 1.807) is 0 Å². The number of imide groups is 1. The molecule has 0 aliphatic carbocycles. The van der Waals surface area contributed by atoms with Crippen LogP contribution in [0.4, 0.5) is 5.69 Å². The van der Waals surface area contributed by atoms with E-state index < -0.39 is 47.0 Å². The van der Waals surface area contributed by atoms with Crippen LogP contribution < -0.4 is 16.4 Å². The van der Waals surface area contributed by atoms with Gasteiger partial charge >= 0.3 is 0 Å². The topological polar surface area (TPSA) is 131 Å². The van der Waals surface area contributed by atoms with Crippen molar-refractivity contribution in [2.45, 2.75) is 31.8 Å². The first-order valence-electron chi connectivity index (χ1n) is 9.55. The zero-order valence-electron chi connectivity index (χ0n) is 16.6. The van der Waals surface area contributed by atoms with Gasteiger partial charge in [0.05, 0.1) is 25.0 Å². The lowest BCUT2D eigenvalue weighted by atomic mass is 9.76. The number of nitrogens with one attached hydrogen (secondary N) is 2. The normalized spacial score (nSPS) is 30.1. The molecule has 4 rings (SSSR count). The summed E-state index contributed by atoms with van der Waals surface area (Å²) in [7, 11) is 1.48. The summed E-state index contributed by atoms with van der Waals surface area (Å²) in [6.07, 6.45) is -0.145. The second-order valence-electron chi connectivity index (χ2n) is 8.01. The van der Waals surface area contributed by atoms with Crippen molar-refractivity contribution < 1.29 is 23.9 Å². The number of fused-ring (bicyclic) bond motifs is 4. The number of nitrogens with zero attached hydrogens (tertiary/aromatic N) is 1. The fourth-order valence-corrected chi connectivity index (χ4v) is 5.11. The number of rotatable bonds is 5. The van der Waals surface area contributed by atoms with Crippen molar-refractivity contribution in [1.82, 2.24) is 10.2 Å². The largest absolute Gasteiger partial charge is 0.383 e. The average molecular weight is 400 g/mol. The summed E-state index contributed by atoms with van der Waals surface area (Å²) in [5, 5.41) is 6.07. The molecule has 3 heterocycles. The molecule has 2 fully saturated rings. The van der Waals surface area contributed by atoms with Gasteiger partial charge in [0, 0.05) is 30.8 Å². The first-order valence-corrected chi connectivity index (χ1v) is 9.55. The van der Waals surface area contributed by atoms with Crippen LogP contribution in [0.25, 0.3) is 0 Å². The van der Waals surface area contributed by atoms with Crippen LogP contribution in [0.5, 0.6) is 0 Å². The van der Waals surface area contributed by atoms with Crippen molar-refractivity contribution in [3.63, 3.8) is 0 Å². The van der Waals surface area contributed by atoms with Crippen LogP contribution in [0.2, 0.25) is 0 Å². The Morgan fingerprint density at radius 2 is 1.97 bits per heavy atom. The Hall–Kier alpha value is -2.78. The maximum absolute atomic E-state index is 13.3. The Morgan fingerprint density at radius 1 is 1.24 bits per heavy atom. The molecule has 9 heteroatoms. The number of aryl methyl sites for hydroxylation is 2. The van der Waals surface area contributed by atoms with Gasteiger partial charge in [-0.05, 0) is 19.4 Å². The summed E-state index contributed by atoms with van der Waals surface area (Å²) in [4.78, 5) is 52.5. The number of ether oxygens (including phenoxy) is 1. The Balaban J connectivity index is 1.87. The van der Waals surface area contributed by atoms with Gasteiger partial charge < -0.3 is 15.8 Å². The molecule has 0 saturated carbocycles. The lowest BCUT2D eigenvalue weighted by molar-refractivity contribution is -0.143. The van der Waals surface area contributed by atoms with E-state index in [0.29, 0.717) is 11.3 Å². The van der Waals surface area contributed by atoms with Gasteiger partial charge in [-0.25, -0.2) is 0 Å². The van der Waals surface area contributed by atoms with Crippen LogP contribution >= 0.6 is 0 Å². The molecule has 4 N–H and O–H groups in total. The fraction of sp³-hybridized carbons (Fsp3) is 0.500. The minimum atomic E-state index is -1.41. The molecule has 154 valence electrons. The van der Waals surface area contributed by atoms with E-state index >= 15 is 0 Å². The van der Waals surface area contributed by atoms with Crippen molar-refractivity contribution in [3.05, 3.63) is 28.8 Å². The number of methoxy groups -OCH3 is 1. The lowest BCUT2D eigenvalue weighted by Crippen LogP contribution is -2.53. The molecule has 0 aromatic heterocycles. The quantitative estimate of drug-likeness (QED) is 0.574. The standard InChI is InChI=1S/C20H24N4O5/c1-9-6-10(2)16-11(7-9)20(19(28)22-16)15-14(12(23-20)8-13(21)25)17(26)24(18(15)27)4-5-29-3/h6-7,12,14-15,23H,4-5,8H2,1-3H3,(H2,21,25)(H,22,28)/t12-,14+,15-,20+/m0/s1. The van der Waals surface area contributed by atoms with Crippen LogP contribution in [0.1, 0.15) is 23.1 Å². The minimum absolute atomic E-state index is 0.0991. The molecular weight excluding hydrogens is 376 g/mol. The molecule has 9 nitrogen and oxygen atoms in total. The highest BCUT2D eigenvalue weighted by molar-refractivity contribution is 6.15. The molecule has 29 heavy (non-hydrogen) atoms. The number of primary amides is 1. The van der Waals surface area contributed by atoms with E-state index in [2.05, 4.69) is 10.6 Å². The number of amides is 4. The van der Waals surface area contributed by atoms with Crippen molar-refractivity contribution in [2.24, 2.45) is 17.6 Å². The number of hydrogen-bond donors (Lipinski definition) is 3. The summed E-state index contributed by atoms with van der Waals surface area (Å²) in [5.74, 6) is -3.62. The van der Waals surface area contributed by atoms with Crippen LogP contribution in [0.3, 0.4) is 0 Å². The Labute approximate surface area is 167 Å². The summed E-state index contributed by atoms with van der Waals surface area (Å²) in [6, 6.07) is 3.09. The van der Waals surface area contributed by atoms with Gasteiger partial charge in [0.15, 0.2) is 0 Å². The molecule has 1 aromatic carbocycles. The van der Waals surface area contributed by atoms with Gasteiger partial charge in [-0.2, -0.15) is 0 Å². The number of carbonyl (C=O) groups is 4. The zero-order chi connectivity index (χ0) is 21.1. The predicted molar refractivity (Wildman–Crippen MR) is 103 cm³/mol. The highest BCUT2D eigenvalue weighted by Gasteiger charge is 2.70. The molecule has 1 aromatic rings. The van der Waals surface area contributed by atoms with Crippen LogP contribution in [0.15, 0.2) is 12.1 Å². The molecule has 0 bridgehead atoms. The van der Waals surface area contributed by atoms with Gasteiger partial charge in [0.1, 0.15) is 5.54 Å². The van der Waals surface area contributed by atoms with Gasteiger partial charge in [0.25, 0.3) is 0 Å². The summed E-state index contributed by atoms with van der Waals surface area (Å²) in [5.41, 5.74) is 7.07. The first kappa shape index (κ1) is 19.5. The zero-order valence-corrected chi connectivity index (χ0v) is 16.6. The van der Waals surface area contributed by atoms with E-state index in [4.69, 9.17) is 10.5 Å². The highest BCUT2D eigenvalue weighted by Crippen LogP contribution is 2.54. The smallest absolute Gasteiger partial charge is 0.250 e. The Kier molecular flexibility index (Phi) is 4.47. The molecule has 4 atom stereocenters. The molecule has 2 saturated heterocycles. The number of hydrogen-bond acceptors (Lipinski definition) is 6. The second kappa shape index (κ2) is 6.64. The lowest BCUT2D eigenvalue weighted by Gasteiger charge is -2.29. The van der Waals surface area contributed by atoms with E-state index in [1.165, 1.54) is 7.11 Å². The Morgan fingerprint density at radius 3 is 2.62 bits per heavy atom. The third-order valence-electron chi connectivity index (χ3n) is 6.20. The van der Waals surface area contributed by atoms with Crippen LogP contribution in [0, 0.1) is 25.7 Å². The second-order valence-corrected chi connectivity index (χ2v) is 8.01. The van der Waals surface area contributed by atoms with Gasteiger partial charge in [-0.1, -0.05) is 17.7 Å². The predicted octanol–water partition coefficient (Wildman–Crippen LogP) is -0.454. The first-order chi connectivity index (χ1) is 13.7. The third-order valence-corrected chi connectivity index (χ3v) is 6.20. The summed E-state index contributed by atoms with van der Waals surface area (Å²) < 4.78 is 5.02. The van der Waals surface area contributed by atoms with E-state index in [-0.39, 0.29) is 19.6 Å². The summed E-state index contributed by atoms with van der Waals surface area (Å²) >= 11 is 0. The number of carbonyl (C=O) groups excluding carboxylic acids is 4. The van der Waals surface area contributed by atoms with Gasteiger partial charge in [-0.3, -0.25) is 29.4 Å². The number of benzene rings is 1. The Bertz CT molecular complexity index is 945. The molecule has 3 aliphatic rings. The van der Waals surface area contributed by atoms with Crippen molar-refractivity contribution in [1.29, 1.82) is 0 Å². The number of nitrogens with two attached hydrogens (primary N) is 1. The molecule has 0 radical (unpaired) electrons. The maximum atomic E-state index is 13.3. The SMILES string of the molecule is COCCN1C(=O)[C@@H]2[C@H](CC(N)=O)N[C@@]3(C(=O)Nc4c(C)cc(C)cc43)[C@@H]2C1=O. The third kappa shape index (κ3) is 2.61. The van der Waals surface area contributed by atoms with Crippen molar-refractivity contribution in [2.75, 3.05) is 25.6 Å². The molecule has 3 aliphatic heterocycles. The van der Waals surface area contributed by atoms with Crippen molar-refractivity contribution in [3.8, 4) is 0 Å². The molecule has 1 spiro atoms. The van der Waals surface area contributed by atoms with Gasteiger partial charge in [0.2, 0.25) is 23.6 Å². The van der Waals surface area contributed by atoms with Crippen LogP contribution in [-0.2, 0) is 29.5 Å². The average Bonchev–Trinajstić information content (AvgIpc) is 3.20. The molecule has 4 amide bonds. The maximum Gasteiger partial charge on any atom is 0.250 e. The highest BCUT2D eigenvalue weighted by atomic mass is 16.5. The monoisotopic (exact) mass is 400 g/mol. The van der Waals surface area contributed by atoms with Gasteiger partial charge in [-0.15, -0.1) is 0 Å². The molecule has 0 unspecified atom stereocenters. The summed E-state index contributed by atoms with van der Waals surface area (Å²) in [6.45, 7) is 4.08.